The highest BCUT2D eigenvalue weighted by atomic mass is 16.4. The van der Waals surface area contributed by atoms with Crippen LogP contribution in [0.15, 0.2) is 18.3 Å². The van der Waals surface area contributed by atoms with E-state index in [9.17, 15) is 4.79 Å². The van der Waals surface area contributed by atoms with Gasteiger partial charge in [0.25, 0.3) is 0 Å². The number of rotatable bonds is 2. The SMILES string of the molecule is O=C(O)N1CC(c2ccc(C3CC4(CCC4)C3)nc2)C1. The molecule has 1 aromatic heterocycles. The molecule has 1 aliphatic heterocycles. The molecule has 4 rings (SSSR count). The van der Waals surface area contributed by atoms with Crippen LogP contribution in [0.3, 0.4) is 0 Å². The van der Waals surface area contributed by atoms with Crippen molar-refractivity contribution in [3.8, 4) is 0 Å². The Morgan fingerprint density at radius 2 is 2.00 bits per heavy atom. The van der Waals surface area contributed by atoms with Crippen molar-refractivity contribution in [2.75, 3.05) is 13.1 Å². The first-order valence-electron chi connectivity index (χ1n) is 7.59. The summed E-state index contributed by atoms with van der Waals surface area (Å²) >= 11 is 0. The number of carboxylic acid groups (broad SMARTS) is 1. The molecule has 106 valence electrons. The number of hydrogen-bond donors (Lipinski definition) is 1. The number of hydrogen-bond acceptors (Lipinski definition) is 2. The lowest BCUT2D eigenvalue weighted by Gasteiger charge is -2.54. The van der Waals surface area contributed by atoms with E-state index < -0.39 is 6.09 Å². The fourth-order valence-corrected chi connectivity index (χ4v) is 4.03. The predicted octanol–water partition coefficient (Wildman–Crippen LogP) is 3.21. The standard InChI is InChI=1S/C16H20N2O2/c19-15(20)18-9-13(10-18)11-2-3-14(17-8-11)12-6-16(7-12)4-1-5-16/h2-3,8,12-13H,1,4-7,9-10H2,(H,19,20). The summed E-state index contributed by atoms with van der Waals surface area (Å²) in [5.74, 6) is 1.01. The first-order valence-corrected chi connectivity index (χ1v) is 7.59. The van der Waals surface area contributed by atoms with Crippen molar-refractivity contribution in [1.82, 2.24) is 9.88 Å². The number of amides is 1. The maximum atomic E-state index is 10.8. The quantitative estimate of drug-likeness (QED) is 0.899. The van der Waals surface area contributed by atoms with Gasteiger partial charge in [-0.15, -0.1) is 0 Å². The maximum absolute atomic E-state index is 10.8. The Labute approximate surface area is 118 Å². The summed E-state index contributed by atoms with van der Waals surface area (Å²) in [6.07, 6.45) is 8.08. The molecule has 2 saturated carbocycles. The second kappa shape index (κ2) is 4.21. The maximum Gasteiger partial charge on any atom is 0.407 e. The van der Waals surface area contributed by atoms with Gasteiger partial charge in [0.1, 0.15) is 0 Å². The third-order valence-electron chi connectivity index (χ3n) is 5.62. The molecule has 0 aromatic carbocycles. The highest BCUT2D eigenvalue weighted by Gasteiger charge is 2.48. The zero-order valence-electron chi connectivity index (χ0n) is 11.6. The van der Waals surface area contributed by atoms with Crippen molar-refractivity contribution >= 4 is 6.09 Å². The molecule has 2 aliphatic carbocycles. The summed E-state index contributed by atoms with van der Waals surface area (Å²) in [4.78, 5) is 16.8. The van der Waals surface area contributed by atoms with Gasteiger partial charge in [-0.2, -0.15) is 0 Å². The van der Waals surface area contributed by atoms with Gasteiger partial charge in [0.2, 0.25) is 0 Å². The predicted molar refractivity (Wildman–Crippen MR) is 74.8 cm³/mol. The minimum atomic E-state index is -0.814. The Bertz CT molecular complexity index is 522. The van der Waals surface area contributed by atoms with E-state index in [1.54, 1.807) is 0 Å². The van der Waals surface area contributed by atoms with Gasteiger partial charge in [-0.25, -0.2) is 4.79 Å². The molecule has 3 fully saturated rings. The average molecular weight is 272 g/mol. The van der Waals surface area contributed by atoms with Gasteiger partial charge < -0.3 is 10.0 Å². The van der Waals surface area contributed by atoms with Crippen LogP contribution in [0.5, 0.6) is 0 Å². The van der Waals surface area contributed by atoms with Gasteiger partial charge in [0.05, 0.1) is 0 Å². The van der Waals surface area contributed by atoms with Crippen molar-refractivity contribution in [2.45, 2.75) is 43.9 Å². The summed E-state index contributed by atoms with van der Waals surface area (Å²) in [5.41, 5.74) is 3.12. The Balaban J connectivity index is 1.36. The van der Waals surface area contributed by atoms with Gasteiger partial charge in [-0.3, -0.25) is 4.98 Å². The molecule has 0 bridgehead atoms. The Hall–Kier alpha value is -1.58. The third-order valence-corrected chi connectivity index (χ3v) is 5.62. The van der Waals surface area contributed by atoms with E-state index in [-0.39, 0.29) is 0 Å². The Morgan fingerprint density at radius 3 is 2.50 bits per heavy atom. The normalized spacial score (nSPS) is 24.9. The summed E-state index contributed by atoms with van der Waals surface area (Å²) in [5, 5.41) is 8.84. The number of likely N-dealkylation sites (tertiary alicyclic amines) is 1. The second-order valence-corrected chi connectivity index (χ2v) is 6.86. The number of pyridine rings is 1. The molecular weight excluding hydrogens is 252 g/mol. The van der Waals surface area contributed by atoms with Crippen molar-refractivity contribution in [2.24, 2.45) is 5.41 Å². The fourth-order valence-electron chi connectivity index (χ4n) is 4.03. The van der Waals surface area contributed by atoms with Gasteiger partial charge in [-0.05, 0) is 42.7 Å². The highest BCUT2D eigenvalue weighted by molar-refractivity contribution is 5.66. The number of nitrogens with zero attached hydrogens (tertiary/aromatic N) is 2. The molecule has 0 radical (unpaired) electrons. The Morgan fingerprint density at radius 1 is 1.25 bits per heavy atom. The zero-order chi connectivity index (χ0) is 13.7. The average Bonchev–Trinajstić information content (AvgIpc) is 2.24. The number of aromatic nitrogens is 1. The van der Waals surface area contributed by atoms with Crippen LogP contribution in [-0.4, -0.2) is 34.2 Å². The van der Waals surface area contributed by atoms with Gasteiger partial charge >= 0.3 is 6.09 Å². The van der Waals surface area contributed by atoms with E-state index in [1.165, 1.54) is 48.3 Å². The first kappa shape index (κ1) is 12.2. The highest BCUT2D eigenvalue weighted by Crippen LogP contribution is 2.61. The van der Waals surface area contributed by atoms with Crippen molar-refractivity contribution < 1.29 is 9.90 Å². The first-order chi connectivity index (χ1) is 9.65. The molecule has 1 N–H and O–H groups in total. The smallest absolute Gasteiger partial charge is 0.407 e. The zero-order valence-corrected chi connectivity index (χ0v) is 11.6. The fraction of sp³-hybridized carbons (Fsp3) is 0.625. The van der Waals surface area contributed by atoms with E-state index in [4.69, 9.17) is 5.11 Å². The largest absolute Gasteiger partial charge is 0.465 e. The van der Waals surface area contributed by atoms with Crippen LogP contribution < -0.4 is 0 Å². The summed E-state index contributed by atoms with van der Waals surface area (Å²) in [7, 11) is 0. The third kappa shape index (κ3) is 1.81. The van der Waals surface area contributed by atoms with E-state index in [2.05, 4.69) is 17.1 Å². The van der Waals surface area contributed by atoms with Crippen LogP contribution >= 0.6 is 0 Å². The molecule has 0 unspecified atom stereocenters. The van der Waals surface area contributed by atoms with Crippen molar-refractivity contribution in [3.63, 3.8) is 0 Å². The van der Waals surface area contributed by atoms with Crippen LogP contribution in [0.4, 0.5) is 4.79 Å². The van der Waals surface area contributed by atoms with E-state index in [1.807, 2.05) is 6.20 Å². The molecule has 4 heteroatoms. The summed E-state index contributed by atoms with van der Waals surface area (Å²) in [6.45, 7) is 1.23. The van der Waals surface area contributed by atoms with Crippen LogP contribution in [0.2, 0.25) is 0 Å². The molecular formula is C16H20N2O2. The minimum absolute atomic E-state index is 0.340. The van der Waals surface area contributed by atoms with E-state index in [0.717, 1.165) is 0 Å². The molecule has 2 heterocycles. The monoisotopic (exact) mass is 272 g/mol. The summed E-state index contributed by atoms with van der Waals surface area (Å²) < 4.78 is 0. The van der Waals surface area contributed by atoms with Gasteiger partial charge in [0, 0.05) is 36.8 Å². The van der Waals surface area contributed by atoms with Crippen molar-refractivity contribution in [1.29, 1.82) is 0 Å². The molecule has 1 spiro atoms. The van der Waals surface area contributed by atoms with Gasteiger partial charge in [-0.1, -0.05) is 12.5 Å². The van der Waals surface area contributed by atoms with Gasteiger partial charge in [0.15, 0.2) is 0 Å². The topological polar surface area (TPSA) is 53.4 Å². The molecule has 1 amide bonds. The van der Waals surface area contributed by atoms with Crippen LogP contribution in [0.25, 0.3) is 0 Å². The second-order valence-electron chi connectivity index (χ2n) is 6.86. The number of carbonyl (C=O) groups is 1. The lowest BCUT2D eigenvalue weighted by molar-refractivity contribution is 0.00759. The van der Waals surface area contributed by atoms with Crippen LogP contribution in [0, 0.1) is 5.41 Å². The Kier molecular flexibility index (Phi) is 2.56. The molecule has 4 nitrogen and oxygen atoms in total. The molecule has 3 aliphatic rings. The molecule has 0 atom stereocenters. The van der Waals surface area contributed by atoms with Crippen LogP contribution in [0.1, 0.15) is 55.2 Å². The minimum Gasteiger partial charge on any atom is -0.465 e. The van der Waals surface area contributed by atoms with E-state index in [0.29, 0.717) is 30.3 Å². The lowest BCUT2D eigenvalue weighted by Crippen LogP contribution is -2.47. The molecule has 20 heavy (non-hydrogen) atoms. The van der Waals surface area contributed by atoms with Crippen molar-refractivity contribution in [3.05, 3.63) is 29.6 Å². The van der Waals surface area contributed by atoms with Crippen LogP contribution in [-0.2, 0) is 0 Å². The lowest BCUT2D eigenvalue weighted by atomic mass is 9.51. The molecule has 1 aromatic rings. The van der Waals surface area contributed by atoms with E-state index >= 15 is 0 Å². The summed E-state index contributed by atoms with van der Waals surface area (Å²) in [6, 6.07) is 4.31. The molecule has 1 saturated heterocycles.